The van der Waals surface area contributed by atoms with E-state index in [1.807, 2.05) is 5.32 Å². The van der Waals surface area contributed by atoms with Gasteiger partial charge in [0, 0.05) is 22.8 Å². The smallest absolute Gasteiger partial charge is 0.318 e. The Bertz CT molecular complexity index is 440. The first-order valence-corrected chi connectivity index (χ1v) is 5.74. The molecule has 1 rings (SSSR count). The highest BCUT2D eigenvalue weighted by Crippen LogP contribution is 2.25. The van der Waals surface area contributed by atoms with E-state index in [0.717, 1.165) is 0 Å². The third-order valence-electron chi connectivity index (χ3n) is 1.82. The molecule has 0 spiro atoms. The molecule has 0 saturated heterocycles. The summed E-state index contributed by atoms with van der Waals surface area (Å²) >= 11 is 1.31. The molecule has 0 unspecified atom stereocenters. The molecule has 1 aromatic carbocycles. The molecular weight excluding hydrogens is 245 g/mol. The van der Waals surface area contributed by atoms with Crippen LogP contribution >= 0.6 is 11.8 Å². The third kappa shape index (κ3) is 4.73. The number of rotatable bonds is 4. The molecule has 17 heavy (non-hydrogen) atoms. The first-order chi connectivity index (χ1) is 7.99. The van der Waals surface area contributed by atoms with Crippen LogP contribution in [0.15, 0.2) is 23.1 Å². The van der Waals surface area contributed by atoms with Crippen LogP contribution in [0.25, 0.3) is 0 Å². The SMILES string of the molecule is NC(=O)NC(=O)CCSc1ccc(F)cc1N. The summed E-state index contributed by atoms with van der Waals surface area (Å²) in [5.74, 6) is -0.432. The maximum absolute atomic E-state index is 12.7. The number of imide groups is 1. The predicted octanol–water partition coefficient (Wildman–Crippen LogP) is 1.09. The molecule has 1 aromatic rings. The summed E-state index contributed by atoms with van der Waals surface area (Å²) < 4.78 is 12.7. The molecule has 0 heterocycles. The number of thioether (sulfide) groups is 1. The van der Waals surface area contributed by atoms with Crippen LogP contribution in [0.1, 0.15) is 6.42 Å². The molecule has 0 aromatic heterocycles. The van der Waals surface area contributed by atoms with Crippen LogP contribution in [0.4, 0.5) is 14.9 Å². The minimum atomic E-state index is -0.874. The van der Waals surface area contributed by atoms with Gasteiger partial charge in [-0.25, -0.2) is 9.18 Å². The van der Waals surface area contributed by atoms with E-state index in [-0.39, 0.29) is 6.42 Å². The minimum absolute atomic E-state index is 0.129. The lowest BCUT2D eigenvalue weighted by atomic mass is 10.3. The van der Waals surface area contributed by atoms with Gasteiger partial charge in [0.1, 0.15) is 5.82 Å². The second-order valence-electron chi connectivity index (χ2n) is 3.19. The Morgan fingerprint density at radius 1 is 1.41 bits per heavy atom. The summed E-state index contributed by atoms with van der Waals surface area (Å²) in [5.41, 5.74) is 10.7. The van der Waals surface area contributed by atoms with E-state index in [1.165, 1.54) is 23.9 Å². The van der Waals surface area contributed by atoms with Crippen molar-refractivity contribution in [3.8, 4) is 0 Å². The number of nitrogens with two attached hydrogens (primary N) is 2. The molecule has 0 aliphatic carbocycles. The van der Waals surface area contributed by atoms with Crippen molar-refractivity contribution in [1.29, 1.82) is 0 Å². The number of urea groups is 1. The fraction of sp³-hybridized carbons (Fsp3) is 0.200. The first-order valence-electron chi connectivity index (χ1n) is 4.76. The van der Waals surface area contributed by atoms with Gasteiger partial charge < -0.3 is 11.5 Å². The Morgan fingerprint density at radius 2 is 2.12 bits per heavy atom. The number of hydrogen-bond donors (Lipinski definition) is 3. The van der Waals surface area contributed by atoms with Crippen LogP contribution in [0.5, 0.6) is 0 Å². The van der Waals surface area contributed by atoms with Gasteiger partial charge in [0.25, 0.3) is 0 Å². The number of benzene rings is 1. The largest absolute Gasteiger partial charge is 0.398 e. The molecule has 0 fully saturated rings. The Hall–Kier alpha value is -1.76. The van der Waals surface area contributed by atoms with E-state index in [9.17, 15) is 14.0 Å². The van der Waals surface area contributed by atoms with E-state index in [0.29, 0.717) is 16.3 Å². The first kappa shape index (κ1) is 13.3. The molecule has 0 bridgehead atoms. The van der Waals surface area contributed by atoms with Gasteiger partial charge in [0.05, 0.1) is 0 Å². The summed E-state index contributed by atoms with van der Waals surface area (Å²) in [4.78, 5) is 22.1. The molecule has 3 amide bonds. The van der Waals surface area contributed by atoms with Crippen LogP contribution < -0.4 is 16.8 Å². The van der Waals surface area contributed by atoms with E-state index in [4.69, 9.17) is 11.5 Å². The number of carbonyl (C=O) groups excluding carboxylic acids is 2. The highest BCUT2D eigenvalue weighted by molar-refractivity contribution is 7.99. The average molecular weight is 257 g/mol. The van der Waals surface area contributed by atoms with Crippen LogP contribution in [-0.4, -0.2) is 17.7 Å². The number of primary amides is 1. The second-order valence-corrected chi connectivity index (χ2v) is 4.33. The molecule has 5 N–H and O–H groups in total. The lowest BCUT2D eigenvalue weighted by Gasteiger charge is -2.05. The van der Waals surface area contributed by atoms with Gasteiger partial charge in [0.2, 0.25) is 5.91 Å². The second kappa shape index (κ2) is 6.09. The summed E-state index contributed by atoms with van der Waals surface area (Å²) in [6.07, 6.45) is 0.129. The zero-order chi connectivity index (χ0) is 12.8. The van der Waals surface area contributed by atoms with E-state index < -0.39 is 17.8 Å². The van der Waals surface area contributed by atoms with Crippen molar-refractivity contribution < 1.29 is 14.0 Å². The van der Waals surface area contributed by atoms with Gasteiger partial charge >= 0.3 is 6.03 Å². The van der Waals surface area contributed by atoms with E-state index in [2.05, 4.69) is 0 Å². The number of amides is 3. The van der Waals surface area contributed by atoms with Gasteiger partial charge in [-0.2, -0.15) is 0 Å². The molecule has 0 atom stereocenters. The molecule has 92 valence electrons. The van der Waals surface area contributed by atoms with Crippen LogP contribution in [-0.2, 0) is 4.79 Å². The average Bonchev–Trinajstić information content (AvgIpc) is 2.20. The highest BCUT2D eigenvalue weighted by Gasteiger charge is 2.06. The molecule has 7 heteroatoms. The lowest BCUT2D eigenvalue weighted by molar-refractivity contribution is -0.119. The Kier molecular flexibility index (Phi) is 4.77. The molecule has 0 aliphatic rings. The summed E-state index contributed by atoms with van der Waals surface area (Å²) in [6.45, 7) is 0. The van der Waals surface area contributed by atoms with Gasteiger partial charge in [-0.05, 0) is 18.2 Å². The maximum Gasteiger partial charge on any atom is 0.318 e. The monoisotopic (exact) mass is 257 g/mol. The van der Waals surface area contributed by atoms with Crippen LogP contribution in [0, 0.1) is 5.82 Å². The number of hydrogen-bond acceptors (Lipinski definition) is 4. The predicted molar refractivity (Wildman–Crippen MR) is 63.9 cm³/mol. The summed E-state index contributed by atoms with van der Waals surface area (Å²) in [7, 11) is 0. The number of halogens is 1. The van der Waals surface area contributed by atoms with Gasteiger partial charge in [-0.15, -0.1) is 11.8 Å². The zero-order valence-electron chi connectivity index (χ0n) is 8.90. The quantitative estimate of drug-likeness (QED) is 0.555. The Labute approximate surface area is 102 Å². The van der Waals surface area contributed by atoms with Gasteiger partial charge in [0.15, 0.2) is 0 Å². The van der Waals surface area contributed by atoms with Crippen LogP contribution in [0.3, 0.4) is 0 Å². The number of nitrogens with one attached hydrogen (secondary N) is 1. The van der Waals surface area contributed by atoms with Crippen molar-refractivity contribution in [3.05, 3.63) is 24.0 Å². The third-order valence-corrected chi connectivity index (χ3v) is 2.91. The molecule has 5 nitrogen and oxygen atoms in total. The van der Waals surface area contributed by atoms with Crippen molar-refractivity contribution in [2.75, 3.05) is 11.5 Å². The van der Waals surface area contributed by atoms with Gasteiger partial charge in [-0.3, -0.25) is 10.1 Å². The van der Waals surface area contributed by atoms with Crippen LogP contribution in [0.2, 0.25) is 0 Å². The number of carbonyl (C=O) groups is 2. The Morgan fingerprint density at radius 3 is 2.71 bits per heavy atom. The zero-order valence-corrected chi connectivity index (χ0v) is 9.72. The molecule has 0 radical (unpaired) electrons. The summed E-state index contributed by atoms with van der Waals surface area (Å²) in [6, 6.07) is 3.18. The molecule has 0 saturated carbocycles. The highest BCUT2D eigenvalue weighted by atomic mass is 32.2. The maximum atomic E-state index is 12.7. The fourth-order valence-corrected chi connectivity index (χ4v) is 2.00. The van der Waals surface area contributed by atoms with Crippen molar-refractivity contribution >= 4 is 29.4 Å². The minimum Gasteiger partial charge on any atom is -0.398 e. The van der Waals surface area contributed by atoms with Crippen molar-refractivity contribution in [2.24, 2.45) is 5.73 Å². The number of anilines is 1. The normalized spacial score (nSPS) is 9.94. The molecule has 0 aliphatic heterocycles. The fourth-order valence-electron chi connectivity index (χ4n) is 1.10. The van der Waals surface area contributed by atoms with Crippen molar-refractivity contribution in [1.82, 2.24) is 5.32 Å². The standard InChI is InChI=1S/C10H12FN3O2S/c11-6-1-2-8(7(12)5-6)17-4-3-9(15)14-10(13)16/h1-2,5H,3-4,12H2,(H3,13,14,15,16). The van der Waals surface area contributed by atoms with Crippen molar-refractivity contribution in [3.63, 3.8) is 0 Å². The number of nitrogen functional groups attached to an aromatic ring is 1. The molecular formula is C10H12FN3O2S. The lowest BCUT2D eigenvalue weighted by Crippen LogP contribution is -2.35. The topological polar surface area (TPSA) is 98.2 Å². The van der Waals surface area contributed by atoms with E-state index >= 15 is 0 Å². The van der Waals surface area contributed by atoms with Gasteiger partial charge in [-0.1, -0.05) is 0 Å². The Balaban J connectivity index is 2.41. The van der Waals surface area contributed by atoms with E-state index in [1.54, 1.807) is 6.07 Å². The van der Waals surface area contributed by atoms with Crippen molar-refractivity contribution in [2.45, 2.75) is 11.3 Å². The summed E-state index contributed by atoms with van der Waals surface area (Å²) in [5, 5.41) is 1.95.